The molecule has 0 atom stereocenters. The number of unbranched alkanes of at least 4 members (excludes halogenated alkanes) is 10. The van der Waals surface area contributed by atoms with E-state index in [1.54, 1.807) is 0 Å². The summed E-state index contributed by atoms with van der Waals surface area (Å²) < 4.78 is 0. The molecule has 0 saturated carbocycles. The van der Waals surface area contributed by atoms with Crippen LogP contribution in [-0.2, 0) is 0 Å². The van der Waals surface area contributed by atoms with E-state index in [9.17, 15) is 0 Å². The van der Waals surface area contributed by atoms with E-state index in [0.29, 0.717) is 0 Å². The highest BCUT2D eigenvalue weighted by Gasteiger charge is 1.93. The van der Waals surface area contributed by atoms with E-state index in [1.807, 2.05) is 0 Å². The van der Waals surface area contributed by atoms with Gasteiger partial charge >= 0.3 is 0 Å². The molecule has 0 aliphatic rings. The van der Waals surface area contributed by atoms with Crippen LogP contribution in [-0.4, -0.2) is 19.6 Å². The van der Waals surface area contributed by atoms with E-state index < -0.39 is 0 Å². The molecule has 0 amide bonds. The van der Waals surface area contributed by atoms with Gasteiger partial charge in [0.15, 0.2) is 0 Å². The van der Waals surface area contributed by atoms with Gasteiger partial charge in [-0.05, 0) is 32.5 Å². The first-order chi connectivity index (χ1) is 8.91. The van der Waals surface area contributed by atoms with Crippen LogP contribution in [0.15, 0.2) is 0 Å². The van der Waals surface area contributed by atoms with E-state index in [0.717, 1.165) is 19.5 Å². The predicted octanol–water partition coefficient (Wildman–Crippen LogP) is 4.24. The monoisotopic (exact) mass is 256 g/mol. The minimum atomic E-state index is 0.811. The van der Waals surface area contributed by atoms with Gasteiger partial charge in [0.2, 0.25) is 0 Å². The average Bonchev–Trinajstić information content (AvgIpc) is 2.39. The first-order valence-electron chi connectivity index (χ1n) is 8.32. The summed E-state index contributed by atoms with van der Waals surface area (Å²) in [6.07, 6.45) is 16.8. The van der Waals surface area contributed by atoms with Crippen molar-refractivity contribution in [2.24, 2.45) is 5.73 Å². The van der Waals surface area contributed by atoms with E-state index in [2.05, 4.69) is 12.2 Å². The van der Waals surface area contributed by atoms with Gasteiger partial charge in [-0.15, -0.1) is 0 Å². The van der Waals surface area contributed by atoms with Crippen molar-refractivity contribution in [3.63, 3.8) is 0 Å². The summed E-state index contributed by atoms with van der Waals surface area (Å²) in [6.45, 7) is 5.36. The lowest BCUT2D eigenvalue weighted by atomic mass is 10.1. The van der Waals surface area contributed by atoms with E-state index in [4.69, 9.17) is 5.73 Å². The maximum absolute atomic E-state index is 5.44. The lowest BCUT2D eigenvalue weighted by Gasteiger charge is -2.04. The molecule has 0 aromatic rings. The minimum absolute atomic E-state index is 0.811. The van der Waals surface area contributed by atoms with Crippen molar-refractivity contribution in [2.45, 2.75) is 84.0 Å². The second kappa shape index (κ2) is 16.9. The zero-order valence-electron chi connectivity index (χ0n) is 12.7. The molecular formula is C16H36N2. The molecule has 0 rings (SSSR count). The summed E-state index contributed by atoms with van der Waals surface area (Å²) in [5.41, 5.74) is 5.44. The summed E-state index contributed by atoms with van der Waals surface area (Å²) in [4.78, 5) is 0. The summed E-state index contributed by atoms with van der Waals surface area (Å²) in [7, 11) is 0. The Labute approximate surface area is 115 Å². The van der Waals surface area contributed by atoms with Crippen LogP contribution in [0.25, 0.3) is 0 Å². The van der Waals surface area contributed by atoms with Crippen molar-refractivity contribution >= 4 is 0 Å². The second-order valence-electron chi connectivity index (χ2n) is 5.43. The zero-order chi connectivity index (χ0) is 13.3. The van der Waals surface area contributed by atoms with Gasteiger partial charge in [-0.1, -0.05) is 71.1 Å². The largest absolute Gasteiger partial charge is 0.330 e. The Morgan fingerprint density at radius 2 is 1.06 bits per heavy atom. The standard InChI is InChI=1S/C16H36N2/c1-2-3-4-5-6-7-8-9-10-11-12-15-18-16-13-14-17/h18H,2-17H2,1H3. The Hall–Kier alpha value is -0.0800. The van der Waals surface area contributed by atoms with Gasteiger partial charge < -0.3 is 11.1 Å². The molecular weight excluding hydrogens is 220 g/mol. The summed E-state index contributed by atoms with van der Waals surface area (Å²) in [5, 5.41) is 3.44. The highest BCUT2D eigenvalue weighted by molar-refractivity contribution is 4.51. The number of nitrogens with one attached hydrogen (secondary N) is 1. The van der Waals surface area contributed by atoms with Crippen molar-refractivity contribution in [3.05, 3.63) is 0 Å². The third-order valence-corrected chi connectivity index (χ3v) is 3.51. The van der Waals surface area contributed by atoms with Crippen LogP contribution in [0.3, 0.4) is 0 Å². The molecule has 0 unspecified atom stereocenters. The number of nitrogens with two attached hydrogens (primary N) is 1. The fourth-order valence-electron chi connectivity index (χ4n) is 2.27. The van der Waals surface area contributed by atoms with Gasteiger partial charge in [0.25, 0.3) is 0 Å². The molecule has 0 fully saturated rings. The van der Waals surface area contributed by atoms with Crippen LogP contribution in [0.4, 0.5) is 0 Å². The maximum atomic E-state index is 5.44. The Morgan fingerprint density at radius 3 is 1.56 bits per heavy atom. The summed E-state index contributed by atoms with van der Waals surface area (Å²) >= 11 is 0. The minimum Gasteiger partial charge on any atom is -0.330 e. The van der Waals surface area contributed by atoms with Crippen molar-refractivity contribution in [3.8, 4) is 0 Å². The van der Waals surface area contributed by atoms with Crippen LogP contribution in [0.5, 0.6) is 0 Å². The van der Waals surface area contributed by atoms with Gasteiger partial charge in [0, 0.05) is 0 Å². The molecule has 18 heavy (non-hydrogen) atoms. The Morgan fingerprint density at radius 1 is 0.611 bits per heavy atom. The average molecular weight is 256 g/mol. The smallest absolute Gasteiger partial charge is 0.00369 e. The normalized spacial score (nSPS) is 11.0. The molecule has 3 N–H and O–H groups in total. The first-order valence-corrected chi connectivity index (χ1v) is 8.32. The Kier molecular flexibility index (Phi) is 16.8. The molecule has 0 radical (unpaired) electrons. The quantitative estimate of drug-likeness (QED) is 0.430. The SMILES string of the molecule is CCCCCCCCCCCCCNCCCN. The molecule has 0 saturated heterocycles. The lowest BCUT2D eigenvalue weighted by Crippen LogP contribution is -2.19. The van der Waals surface area contributed by atoms with E-state index >= 15 is 0 Å². The number of hydrogen-bond donors (Lipinski definition) is 2. The number of rotatable bonds is 15. The molecule has 2 heteroatoms. The van der Waals surface area contributed by atoms with Crippen LogP contribution in [0.1, 0.15) is 84.0 Å². The molecule has 0 aromatic carbocycles. The fourth-order valence-corrected chi connectivity index (χ4v) is 2.27. The summed E-state index contributed by atoms with van der Waals surface area (Å²) in [5.74, 6) is 0. The van der Waals surface area contributed by atoms with E-state index in [-0.39, 0.29) is 0 Å². The van der Waals surface area contributed by atoms with Gasteiger partial charge in [-0.3, -0.25) is 0 Å². The predicted molar refractivity (Wildman–Crippen MR) is 83.0 cm³/mol. The van der Waals surface area contributed by atoms with Crippen LogP contribution >= 0.6 is 0 Å². The van der Waals surface area contributed by atoms with E-state index in [1.165, 1.54) is 77.2 Å². The fraction of sp³-hybridized carbons (Fsp3) is 1.00. The molecule has 0 aromatic heterocycles. The molecule has 2 nitrogen and oxygen atoms in total. The van der Waals surface area contributed by atoms with Crippen LogP contribution in [0.2, 0.25) is 0 Å². The molecule has 0 aliphatic carbocycles. The van der Waals surface area contributed by atoms with Crippen LogP contribution in [0, 0.1) is 0 Å². The highest BCUT2D eigenvalue weighted by Crippen LogP contribution is 2.10. The number of hydrogen-bond acceptors (Lipinski definition) is 2. The lowest BCUT2D eigenvalue weighted by molar-refractivity contribution is 0.537. The van der Waals surface area contributed by atoms with Gasteiger partial charge in [0.1, 0.15) is 0 Å². The van der Waals surface area contributed by atoms with Gasteiger partial charge in [-0.25, -0.2) is 0 Å². The molecule has 0 aliphatic heterocycles. The van der Waals surface area contributed by atoms with Crippen molar-refractivity contribution in [1.29, 1.82) is 0 Å². The molecule has 0 heterocycles. The second-order valence-corrected chi connectivity index (χ2v) is 5.43. The van der Waals surface area contributed by atoms with Gasteiger partial charge in [-0.2, -0.15) is 0 Å². The van der Waals surface area contributed by atoms with Crippen molar-refractivity contribution in [2.75, 3.05) is 19.6 Å². The molecule has 110 valence electrons. The third-order valence-electron chi connectivity index (χ3n) is 3.51. The Balaban J connectivity index is 2.86. The van der Waals surface area contributed by atoms with Crippen LogP contribution < -0.4 is 11.1 Å². The third kappa shape index (κ3) is 15.9. The topological polar surface area (TPSA) is 38.0 Å². The summed E-state index contributed by atoms with van der Waals surface area (Å²) in [6, 6.07) is 0. The Bertz CT molecular complexity index is 121. The first kappa shape index (κ1) is 17.9. The highest BCUT2D eigenvalue weighted by atomic mass is 14.8. The molecule has 0 spiro atoms. The zero-order valence-corrected chi connectivity index (χ0v) is 12.7. The maximum Gasteiger partial charge on any atom is -0.00369 e. The van der Waals surface area contributed by atoms with Gasteiger partial charge in [0.05, 0.1) is 0 Å². The molecule has 0 bridgehead atoms. The van der Waals surface area contributed by atoms with Crippen molar-refractivity contribution < 1.29 is 0 Å². The van der Waals surface area contributed by atoms with Crippen molar-refractivity contribution in [1.82, 2.24) is 5.32 Å².